The molecule has 5 heterocycles. The molecule has 0 radical (unpaired) electrons. The summed E-state index contributed by atoms with van der Waals surface area (Å²) >= 11 is 1.54. The molecule has 3 saturated heterocycles. The van der Waals surface area contributed by atoms with Crippen molar-refractivity contribution >= 4 is 34.1 Å². The highest BCUT2D eigenvalue weighted by Gasteiger charge is 2.50. The Bertz CT molecular complexity index is 1560. The lowest BCUT2D eigenvalue weighted by molar-refractivity contribution is 0.0273. The average Bonchev–Trinajstić information content (AvgIpc) is 3.54. The molecule has 240 valence electrons. The molecule has 1 amide bonds. The Morgan fingerprint density at radius 2 is 1.82 bits per heavy atom. The number of carbonyl (C=O) groups excluding carboxylic acids is 1. The molecular weight excluding hydrogens is 592 g/mol. The van der Waals surface area contributed by atoms with Gasteiger partial charge in [0.05, 0.1) is 17.2 Å². The zero-order valence-electron chi connectivity index (χ0n) is 26.6. The third kappa shape index (κ3) is 6.08. The predicted molar refractivity (Wildman–Crippen MR) is 170 cm³/mol. The van der Waals surface area contributed by atoms with E-state index < -0.39 is 22.7 Å². The number of ether oxygens (including phenoxy) is 2. The zero-order chi connectivity index (χ0) is 32.2. The summed E-state index contributed by atoms with van der Waals surface area (Å²) in [5.41, 5.74) is 5.45. The lowest BCUT2D eigenvalue weighted by atomic mass is 9.66. The number of rotatable bonds is 5. The number of hydrogen-bond donors (Lipinski definition) is 2. The van der Waals surface area contributed by atoms with Crippen LogP contribution in [0.3, 0.4) is 0 Å². The van der Waals surface area contributed by atoms with Crippen LogP contribution in [0.4, 0.5) is 21.4 Å². The molecule has 3 aliphatic heterocycles. The summed E-state index contributed by atoms with van der Waals surface area (Å²) in [5.74, 6) is 1.36. The molecule has 0 aromatic carbocycles. The molecule has 2 aromatic heterocycles. The molecule has 4 aliphatic rings. The van der Waals surface area contributed by atoms with Crippen LogP contribution in [-0.2, 0) is 16.6 Å². The fraction of sp³-hybridized carbons (Fsp3) is 0.656. The second-order valence-electron chi connectivity index (χ2n) is 14.5. The van der Waals surface area contributed by atoms with Crippen molar-refractivity contribution in [2.24, 2.45) is 5.41 Å². The molecule has 3 N–H and O–H groups in total. The SMILES string of the molecule is CC(C)(C)OC(=O)N1CCC(C#N)(COc2nc(N3CC4(CCCc5sc(N)c(C#N)c54)C3)cc(N3CCC[C@@](C)(O)C3)n2)C1. The largest absolute Gasteiger partial charge is 0.462 e. The monoisotopic (exact) mass is 634 g/mol. The number of nitriles is 2. The summed E-state index contributed by atoms with van der Waals surface area (Å²) in [5, 5.41) is 31.5. The summed E-state index contributed by atoms with van der Waals surface area (Å²) in [7, 11) is 0. The van der Waals surface area contributed by atoms with Crippen molar-refractivity contribution in [2.45, 2.75) is 82.8 Å². The van der Waals surface area contributed by atoms with Crippen LogP contribution in [0.15, 0.2) is 6.07 Å². The van der Waals surface area contributed by atoms with Crippen LogP contribution in [0, 0.1) is 28.1 Å². The number of likely N-dealkylation sites (tertiary alicyclic amines) is 1. The molecule has 2 atom stereocenters. The van der Waals surface area contributed by atoms with Gasteiger partial charge in [-0.25, -0.2) is 4.79 Å². The molecule has 13 heteroatoms. The van der Waals surface area contributed by atoms with Crippen LogP contribution in [-0.4, -0.2) is 83.1 Å². The van der Waals surface area contributed by atoms with Gasteiger partial charge in [0.1, 0.15) is 40.3 Å². The first-order valence-corrected chi connectivity index (χ1v) is 16.5. The summed E-state index contributed by atoms with van der Waals surface area (Å²) in [6.45, 7) is 10.5. The van der Waals surface area contributed by atoms with E-state index in [0.717, 1.165) is 37.8 Å². The van der Waals surface area contributed by atoms with E-state index in [1.54, 1.807) is 16.2 Å². The third-order valence-electron chi connectivity index (χ3n) is 9.42. The second kappa shape index (κ2) is 11.2. The van der Waals surface area contributed by atoms with Crippen molar-refractivity contribution in [3.63, 3.8) is 0 Å². The van der Waals surface area contributed by atoms with E-state index in [-0.39, 0.29) is 24.6 Å². The van der Waals surface area contributed by atoms with Crippen LogP contribution in [0.1, 0.15) is 75.8 Å². The van der Waals surface area contributed by atoms with Crippen LogP contribution in [0.5, 0.6) is 6.01 Å². The number of aromatic nitrogens is 2. The van der Waals surface area contributed by atoms with Crippen LogP contribution < -0.4 is 20.3 Å². The lowest BCUT2D eigenvalue weighted by Gasteiger charge is -2.53. The Balaban J connectivity index is 1.24. The van der Waals surface area contributed by atoms with Gasteiger partial charge in [-0.2, -0.15) is 20.5 Å². The van der Waals surface area contributed by atoms with Crippen molar-refractivity contribution in [1.82, 2.24) is 14.9 Å². The Morgan fingerprint density at radius 3 is 2.49 bits per heavy atom. The van der Waals surface area contributed by atoms with Gasteiger partial charge >= 0.3 is 12.1 Å². The molecular formula is C32H42N8O4S. The number of amides is 1. The molecule has 0 saturated carbocycles. The number of piperidine rings is 1. The van der Waals surface area contributed by atoms with Crippen molar-refractivity contribution in [1.29, 1.82) is 10.5 Å². The van der Waals surface area contributed by atoms with E-state index in [1.165, 1.54) is 4.88 Å². The van der Waals surface area contributed by atoms with E-state index >= 15 is 0 Å². The molecule has 1 aliphatic carbocycles. The first kappa shape index (κ1) is 31.2. The van der Waals surface area contributed by atoms with E-state index in [4.69, 9.17) is 25.2 Å². The van der Waals surface area contributed by atoms with E-state index in [2.05, 4.69) is 21.9 Å². The standard InChI is InChI=1S/C32H42N8O4S/c1-29(2,3)44-28(41)39-12-10-31(15-34,17-39)20-43-27-36-23(38-11-6-8-30(4,42)16-38)13-24(37-27)40-18-32(19-40)9-5-7-22-25(32)21(14-33)26(35)45-22/h13,42H,5-12,16-20,35H2,1-4H3/t30-,31?/m1/s1. The first-order valence-electron chi connectivity index (χ1n) is 15.7. The molecule has 2 aromatic rings. The number of hydrogen-bond acceptors (Lipinski definition) is 12. The number of nitrogens with zero attached hydrogens (tertiary/aromatic N) is 7. The van der Waals surface area contributed by atoms with Gasteiger partial charge < -0.3 is 35.0 Å². The highest BCUT2D eigenvalue weighted by Crippen LogP contribution is 2.51. The minimum Gasteiger partial charge on any atom is -0.462 e. The summed E-state index contributed by atoms with van der Waals surface area (Å²) in [4.78, 5) is 29.3. The van der Waals surface area contributed by atoms with Crippen LogP contribution in [0.2, 0.25) is 0 Å². The average molecular weight is 635 g/mol. The highest BCUT2D eigenvalue weighted by molar-refractivity contribution is 7.16. The Hall–Kier alpha value is -3.81. The second-order valence-corrected chi connectivity index (χ2v) is 15.6. The number of aryl methyl sites for hydroxylation is 1. The van der Waals surface area contributed by atoms with Gasteiger partial charge in [0.15, 0.2) is 0 Å². The minimum atomic E-state index is -0.920. The number of β-amino-alcohol motifs (C(OH)–C–C–N with tert-alkyl or cyclic N) is 1. The van der Waals surface area contributed by atoms with Gasteiger partial charge in [-0.05, 0) is 71.8 Å². The molecule has 0 bridgehead atoms. The number of aliphatic hydroxyl groups is 1. The van der Waals surface area contributed by atoms with Crippen LogP contribution >= 0.6 is 11.3 Å². The number of anilines is 3. The quantitative estimate of drug-likeness (QED) is 0.489. The van der Waals surface area contributed by atoms with Gasteiger partial charge in [-0.1, -0.05) is 0 Å². The topological polar surface area (TPSA) is 165 Å². The number of carbonyl (C=O) groups is 1. The normalized spacial score (nSPS) is 25.7. The van der Waals surface area contributed by atoms with E-state index in [1.807, 2.05) is 33.8 Å². The number of nitrogens with two attached hydrogens (primary N) is 1. The molecule has 45 heavy (non-hydrogen) atoms. The highest BCUT2D eigenvalue weighted by atomic mass is 32.1. The maximum atomic E-state index is 12.7. The molecule has 6 rings (SSSR count). The zero-order valence-corrected chi connectivity index (χ0v) is 27.4. The molecule has 12 nitrogen and oxygen atoms in total. The van der Waals surface area contributed by atoms with Gasteiger partial charge in [0.2, 0.25) is 0 Å². The molecule has 1 spiro atoms. The van der Waals surface area contributed by atoms with Gasteiger partial charge in [0, 0.05) is 55.6 Å². The van der Waals surface area contributed by atoms with Crippen molar-refractivity contribution < 1.29 is 19.4 Å². The van der Waals surface area contributed by atoms with Gasteiger partial charge in [-0.3, -0.25) is 0 Å². The molecule has 3 fully saturated rings. The van der Waals surface area contributed by atoms with Gasteiger partial charge in [-0.15, -0.1) is 11.3 Å². The van der Waals surface area contributed by atoms with E-state index in [9.17, 15) is 20.4 Å². The smallest absolute Gasteiger partial charge is 0.410 e. The summed E-state index contributed by atoms with van der Waals surface area (Å²) in [6, 6.07) is 6.84. The van der Waals surface area contributed by atoms with Crippen molar-refractivity contribution in [3.05, 3.63) is 22.1 Å². The first-order chi connectivity index (χ1) is 21.2. The number of nitrogen functional groups attached to an aromatic ring is 1. The van der Waals surface area contributed by atoms with E-state index in [0.29, 0.717) is 61.2 Å². The van der Waals surface area contributed by atoms with Crippen LogP contribution in [0.25, 0.3) is 0 Å². The fourth-order valence-electron chi connectivity index (χ4n) is 7.22. The molecule has 1 unspecified atom stereocenters. The number of thiophene rings is 1. The van der Waals surface area contributed by atoms with Gasteiger partial charge in [0.25, 0.3) is 0 Å². The maximum absolute atomic E-state index is 12.7. The summed E-state index contributed by atoms with van der Waals surface area (Å²) < 4.78 is 11.7. The maximum Gasteiger partial charge on any atom is 0.410 e. The Morgan fingerprint density at radius 1 is 1.09 bits per heavy atom. The fourth-order valence-corrected chi connectivity index (χ4v) is 8.41. The minimum absolute atomic E-state index is 0.0242. The Kier molecular flexibility index (Phi) is 7.77. The third-order valence-corrected chi connectivity index (χ3v) is 10.5. The van der Waals surface area contributed by atoms with Crippen molar-refractivity contribution in [3.8, 4) is 18.1 Å². The summed E-state index contributed by atoms with van der Waals surface area (Å²) in [6.07, 6.45) is 4.53. The van der Waals surface area contributed by atoms with Crippen molar-refractivity contribution in [2.75, 3.05) is 61.4 Å². The lowest BCUT2D eigenvalue weighted by Crippen LogP contribution is -2.61. The Labute approximate surface area is 268 Å². The number of fused-ring (bicyclic) bond motifs is 2. The predicted octanol–water partition coefficient (Wildman–Crippen LogP) is 3.97.